The van der Waals surface area contributed by atoms with Gasteiger partial charge >= 0.3 is 5.97 Å². The summed E-state index contributed by atoms with van der Waals surface area (Å²) in [5.41, 5.74) is 0. The fourth-order valence-corrected chi connectivity index (χ4v) is 2.78. The molecule has 1 aromatic carbocycles. The Hall–Kier alpha value is -2.24. The average molecular weight is 394 g/mol. The zero-order valence-electron chi connectivity index (χ0n) is 17.4. The predicted octanol–water partition coefficient (Wildman–Crippen LogP) is 4.42. The summed E-state index contributed by atoms with van der Waals surface area (Å²) in [6.07, 6.45) is 7.71. The maximum absolute atomic E-state index is 11.9. The lowest BCUT2D eigenvalue weighted by atomic mass is 10.0. The highest BCUT2D eigenvalue weighted by Crippen LogP contribution is 2.18. The molecule has 1 rings (SSSR count). The van der Waals surface area contributed by atoms with Gasteiger partial charge in [-0.1, -0.05) is 52.9 Å². The van der Waals surface area contributed by atoms with Crippen molar-refractivity contribution in [3.63, 3.8) is 0 Å². The van der Waals surface area contributed by atoms with Crippen LogP contribution in [0.1, 0.15) is 65.7 Å². The molecule has 0 aliphatic heterocycles. The molecule has 28 heavy (non-hydrogen) atoms. The van der Waals surface area contributed by atoms with Crippen molar-refractivity contribution >= 4 is 11.9 Å². The first kappa shape index (κ1) is 23.8. The fourth-order valence-electron chi connectivity index (χ4n) is 2.78. The minimum Gasteiger partial charge on any atom is -0.494 e. The molecule has 6 heteroatoms. The van der Waals surface area contributed by atoms with Crippen LogP contribution in [0.25, 0.3) is 0 Å². The number of carboxylic acid groups (broad SMARTS) is 1. The highest BCUT2D eigenvalue weighted by atomic mass is 16.5. The Morgan fingerprint density at radius 1 is 0.964 bits per heavy atom. The van der Waals surface area contributed by atoms with Crippen LogP contribution in [0.5, 0.6) is 11.5 Å². The number of carboxylic acids is 1. The number of benzene rings is 1. The molecule has 0 radical (unpaired) electrons. The van der Waals surface area contributed by atoms with Crippen LogP contribution in [0.3, 0.4) is 0 Å². The maximum atomic E-state index is 11.9. The second-order valence-electron chi connectivity index (χ2n) is 7.46. The number of rotatable bonds is 15. The molecule has 0 heterocycles. The lowest BCUT2D eigenvalue weighted by Crippen LogP contribution is -2.43. The number of unbranched alkanes of at least 4 members (excludes halogenated alkanes) is 5. The molecule has 0 aromatic heterocycles. The molecule has 1 amide bonds. The van der Waals surface area contributed by atoms with Crippen LogP contribution in [-0.4, -0.2) is 36.2 Å². The number of ether oxygens (including phenoxy) is 2. The lowest BCUT2D eigenvalue weighted by Gasteiger charge is -2.16. The summed E-state index contributed by atoms with van der Waals surface area (Å²) in [5, 5.41) is 11.7. The number of hydrogen-bond donors (Lipinski definition) is 2. The molecule has 2 N–H and O–H groups in total. The predicted molar refractivity (Wildman–Crippen MR) is 110 cm³/mol. The largest absolute Gasteiger partial charge is 0.494 e. The third kappa shape index (κ3) is 10.8. The van der Waals surface area contributed by atoms with Crippen molar-refractivity contribution in [1.29, 1.82) is 0 Å². The first-order valence-electron chi connectivity index (χ1n) is 10.3. The van der Waals surface area contributed by atoms with Gasteiger partial charge in [0.15, 0.2) is 6.61 Å². The maximum Gasteiger partial charge on any atom is 0.326 e. The summed E-state index contributed by atoms with van der Waals surface area (Å²) in [6, 6.07) is 6.21. The summed E-state index contributed by atoms with van der Waals surface area (Å²) in [4.78, 5) is 23.1. The molecule has 0 fully saturated rings. The van der Waals surface area contributed by atoms with Crippen LogP contribution in [0.4, 0.5) is 0 Å². The van der Waals surface area contributed by atoms with E-state index in [-0.39, 0.29) is 12.5 Å². The normalized spacial score (nSPS) is 11.9. The Balaban J connectivity index is 2.28. The zero-order chi connectivity index (χ0) is 20.8. The van der Waals surface area contributed by atoms with Gasteiger partial charge in [-0.2, -0.15) is 0 Å². The van der Waals surface area contributed by atoms with E-state index in [1.54, 1.807) is 12.1 Å². The molecule has 0 saturated heterocycles. The summed E-state index contributed by atoms with van der Waals surface area (Å²) in [6.45, 7) is 6.51. The van der Waals surface area contributed by atoms with Gasteiger partial charge in [0, 0.05) is 0 Å². The van der Waals surface area contributed by atoms with Crippen molar-refractivity contribution in [2.24, 2.45) is 5.92 Å². The van der Waals surface area contributed by atoms with Crippen molar-refractivity contribution in [2.45, 2.75) is 71.8 Å². The van der Waals surface area contributed by atoms with Crippen LogP contribution in [0.2, 0.25) is 0 Å². The van der Waals surface area contributed by atoms with Crippen LogP contribution < -0.4 is 14.8 Å². The molecule has 6 nitrogen and oxygen atoms in total. The third-order valence-corrected chi connectivity index (χ3v) is 4.30. The molecule has 158 valence electrons. The highest BCUT2D eigenvalue weighted by Gasteiger charge is 2.21. The van der Waals surface area contributed by atoms with Crippen molar-refractivity contribution in [2.75, 3.05) is 13.2 Å². The first-order valence-corrected chi connectivity index (χ1v) is 10.3. The molecule has 0 spiro atoms. The van der Waals surface area contributed by atoms with E-state index in [4.69, 9.17) is 14.6 Å². The molecular formula is C22H35NO5. The average Bonchev–Trinajstić information content (AvgIpc) is 2.65. The molecule has 1 unspecified atom stereocenters. The Morgan fingerprint density at radius 2 is 1.54 bits per heavy atom. The van der Waals surface area contributed by atoms with Crippen molar-refractivity contribution in [3.05, 3.63) is 24.3 Å². The van der Waals surface area contributed by atoms with Crippen LogP contribution >= 0.6 is 0 Å². The smallest absolute Gasteiger partial charge is 0.326 e. The highest BCUT2D eigenvalue weighted by molar-refractivity contribution is 5.84. The van der Waals surface area contributed by atoms with Gasteiger partial charge in [-0.25, -0.2) is 4.79 Å². The van der Waals surface area contributed by atoms with E-state index < -0.39 is 17.9 Å². The number of carbonyl (C=O) groups is 2. The number of amides is 1. The number of hydrogen-bond acceptors (Lipinski definition) is 4. The summed E-state index contributed by atoms with van der Waals surface area (Å²) < 4.78 is 11.1. The van der Waals surface area contributed by atoms with Gasteiger partial charge in [-0.15, -0.1) is 0 Å². The molecule has 0 bridgehead atoms. The van der Waals surface area contributed by atoms with Gasteiger partial charge in [0.2, 0.25) is 0 Å². The Morgan fingerprint density at radius 3 is 2.11 bits per heavy atom. The van der Waals surface area contributed by atoms with Gasteiger partial charge in [-0.3, -0.25) is 4.79 Å². The Bertz CT molecular complexity index is 571. The van der Waals surface area contributed by atoms with Gasteiger partial charge in [-0.05, 0) is 43.0 Å². The second-order valence-corrected chi connectivity index (χ2v) is 7.46. The van der Waals surface area contributed by atoms with Crippen LogP contribution in [0, 0.1) is 5.92 Å². The molecule has 1 atom stereocenters. The monoisotopic (exact) mass is 393 g/mol. The van der Waals surface area contributed by atoms with Gasteiger partial charge in [0.25, 0.3) is 5.91 Å². The van der Waals surface area contributed by atoms with Gasteiger partial charge in [0.05, 0.1) is 6.61 Å². The van der Waals surface area contributed by atoms with Crippen molar-refractivity contribution < 1.29 is 24.2 Å². The van der Waals surface area contributed by atoms with Crippen molar-refractivity contribution in [1.82, 2.24) is 5.32 Å². The van der Waals surface area contributed by atoms with Crippen LogP contribution in [-0.2, 0) is 9.59 Å². The minimum atomic E-state index is -1.03. The number of aliphatic carboxylic acids is 1. The standard InChI is InChI=1S/C22H35NO5/c1-4-5-6-7-8-9-14-27-18-10-12-19(13-11-18)28-16-21(24)23-20(22(25)26)15-17(2)3/h10-13,17,20H,4-9,14-16H2,1-3H3,(H,23,24)(H,25,26). The van der Waals surface area contributed by atoms with E-state index in [9.17, 15) is 9.59 Å². The van der Waals surface area contributed by atoms with Crippen molar-refractivity contribution in [3.8, 4) is 11.5 Å². The van der Waals surface area contributed by atoms with E-state index in [1.165, 1.54) is 32.1 Å². The van der Waals surface area contributed by atoms with E-state index in [1.807, 2.05) is 26.0 Å². The number of nitrogens with one attached hydrogen (secondary N) is 1. The minimum absolute atomic E-state index is 0.172. The quantitative estimate of drug-likeness (QED) is 0.431. The van der Waals surface area contributed by atoms with E-state index in [0.29, 0.717) is 18.8 Å². The summed E-state index contributed by atoms with van der Waals surface area (Å²) >= 11 is 0. The molecule has 0 saturated carbocycles. The summed E-state index contributed by atoms with van der Waals surface area (Å²) in [5.74, 6) is 0.00241. The molecule has 1 aromatic rings. The van der Waals surface area contributed by atoms with Crippen LogP contribution in [0.15, 0.2) is 24.3 Å². The molecule has 0 aliphatic carbocycles. The second kappa shape index (κ2) is 13.9. The molecular weight excluding hydrogens is 358 g/mol. The van der Waals surface area contributed by atoms with E-state index >= 15 is 0 Å². The SMILES string of the molecule is CCCCCCCCOc1ccc(OCC(=O)NC(CC(C)C)C(=O)O)cc1. The lowest BCUT2D eigenvalue weighted by molar-refractivity contribution is -0.142. The van der Waals surface area contributed by atoms with Gasteiger partial charge < -0.3 is 19.9 Å². The third-order valence-electron chi connectivity index (χ3n) is 4.30. The van der Waals surface area contributed by atoms with E-state index in [2.05, 4.69) is 12.2 Å². The number of carbonyl (C=O) groups excluding carboxylic acids is 1. The Kier molecular flexibility index (Phi) is 11.8. The molecule has 0 aliphatic rings. The topological polar surface area (TPSA) is 84.9 Å². The summed E-state index contributed by atoms with van der Waals surface area (Å²) in [7, 11) is 0. The fraction of sp³-hybridized carbons (Fsp3) is 0.636. The van der Waals surface area contributed by atoms with E-state index in [0.717, 1.165) is 12.2 Å². The first-order chi connectivity index (χ1) is 13.4. The Labute approximate surface area is 168 Å². The zero-order valence-corrected chi connectivity index (χ0v) is 17.4. The van der Waals surface area contributed by atoms with Gasteiger partial charge in [0.1, 0.15) is 17.5 Å².